The van der Waals surface area contributed by atoms with Gasteiger partial charge in [-0.15, -0.1) is 0 Å². The Kier molecular flexibility index (Phi) is 4.99. The lowest BCUT2D eigenvalue weighted by atomic mass is 10.0. The summed E-state index contributed by atoms with van der Waals surface area (Å²) in [5.41, 5.74) is 2.44. The fourth-order valence-electron chi connectivity index (χ4n) is 2.06. The predicted octanol–water partition coefficient (Wildman–Crippen LogP) is 3.57. The van der Waals surface area contributed by atoms with Gasteiger partial charge in [0.1, 0.15) is 0 Å². The van der Waals surface area contributed by atoms with Gasteiger partial charge in [-0.2, -0.15) is 5.10 Å². The maximum atomic E-state index is 4.62. The molecule has 0 radical (unpaired) electrons. The predicted molar refractivity (Wildman–Crippen MR) is 87.3 cm³/mol. The van der Waals surface area contributed by atoms with Gasteiger partial charge in [-0.1, -0.05) is 12.1 Å². The van der Waals surface area contributed by atoms with Crippen LogP contribution in [0.5, 0.6) is 0 Å². The number of rotatable bonds is 5. The summed E-state index contributed by atoms with van der Waals surface area (Å²) in [6.45, 7) is 4.29. The number of likely N-dealkylation sites (N-methyl/N-ethyl adjacent to an activating group) is 1. The molecule has 0 aliphatic rings. The highest BCUT2D eigenvalue weighted by Gasteiger charge is 2.12. The molecule has 1 atom stereocenters. The third-order valence-corrected chi connectivity index (χ3v) is 3.95. The lowest BCUT2D eigenvalue weighted by Gasteiger charge is -2.15. The molecule has 1 unspecified atom stereocenters. The van der Waals surface area contributed by atoms with Crippen molar-refractivity contribution >= 4 is 22.6 Å². The van der Waals surface area contributed by atoms with Crippen LogP contribution in [-0.4, -0.2) is 16.8 Å². The summed E-state index contributed by atoms with van der Waals surface area (Å²) in [6, 6.07) is 11.5. The number of hydrogen-bond acceptors (Lipinski definition) is 2. The first-order valence-electron chi connectivity index (χ1n) is 6.57. The molecule has 1 heterocycles. The van der Waals surface area contributed by atoms with Crippen LogP contribution in [0.2, 0.25) is 0 Å². The average Bonchev–Trinajstić information content (AvgIpc) is 2.86. The van der Waals surface area contributed by atoms with Crippen LogP contribution in [0, 0.1) is 3.57 Å². The number of hydrogen-bond donors (Lipinski definition) is 1. The molecule has 19 heavy (non-hydrogen) atoms. The first kappa shape index (κ1) is 14.5. The van der Waals surface area contributed by atoms with Gasteiger partial charge in [-0.3, -0.25) is 4.68 Å². The Morgan fingerprint density at radius 2 is 1.89 bits per heavy atom. The number of benzene rings is 1. The van der Waals surface area contributed by atoms with Crippen molar-refractivity contribution in [3.8, 4) is 0 Å². The van der Waals surface area contributed by atoms with Crippen LogP contribution in [0.1, 0.15) is 37.2 Å². The van der Waals surface area contributed by atoms with E-state index in [1.807, 2.05) is 11.7 Å². The van der Waals surface area contributed by atoms with Crippen LogP contribution in [0.15, 0.2) is 36.5 Å². The summed E-state index contributed by atoms with van der Waals surface area (Å²) in [6.07, 6.45) is 2.97. The smallest absolute Gasteiger partial charge is 0.0643 e. The number of aromatic nitrogens is 2. The monoisotopic (exact) mass is 369 g/mol. The second-order valence-electron chi connectivity index (χ2n) is 4.98. The van der Waals surface area contributed by atoms with E-state index >= 15 is 0 Å². The topological polar surface area (TPSA) is 29.9 Å². The van der Waals surface area contributed by atoms with Crippen molar-refractivity contribution in [1.82, 2.24) is 15.1 Å². The maximum Gasteiger partial charge on any atom is 0.0643 e. The van der Waals surface area contributed by atoms with Crippen LogP contribution < -0.4 is 5.32 Å². The minimum absolute atomic E-state index is 0.313. The molecule has 1 aromatic heterocycles. The molecule has 2 aromatic rings. The van der Waals surface area contributed by atoms with Crippen molar-refractivity contribution in [3.05, 3.63) is 51.4 Å². The second-order valence-corrected chi connectivity index (χ2v) is 6.22. The van der Waals surface area contributed by atoms with Crippen LogP contribution in [0.3, 0.4) is 0 Å². The molecule has 0 saturated carbocycles. The standard InChI is InChI=1S/C15H20IN3/c1-11(2)19-9-8-14(18-19)10-15(17-3)12-4-6-13(16)7-5-12/h4-9,11,15,17H,10H2,1-3H3. The highest BCUT2D eigenvalue weighted by Crippen LogP contribution is 2.19. The highest BCUT2D eigenvalue weighted by molar-refractivity contribution is 14.1. The zero-order valence-corrected chi connectivity index (χ0v) is 13.8. The molecule has 1 N–H and O–H groups in total. The van der Waals surface area contributed by atoms with Crippen molar-refractivity contribution in [2.24, 2.45) is 0 Å². The summed E-state index contributed by atoms with van der Waals surface area (Å²) < 4.78 is 3.27. The third kappa shape index (κ3) is 3.79. The average molecular weight is 369 g/mol. The fourth-order valence-corrected chi connectivity index (χ4v) is 2.42. The molecule has 0 amide bonds. The lowest BCUT2D eigenvalue weighted by Crippen LogP contribution is -2.19. The summed E-state index contributed by atoms with van der Waals surface area (Å²) in [7, 11) is 2.00. The molecule has 1 aromatic carbocycles. The van der Waals surface area contributed by atoms with Gasteiger partial charge in [0.25, 0.3) is 0 Å². The zero-order valence-electron chi connectivity index (χ0n) is 11.6. The van der Waals surface area contributed by atoms with Gasteiger partial charge < -0.3 is 5.32 Å². The number of nitrogens with one attached hydrogen (secondary N) is 1. The van der Waals surface area contributed by atoms with E-state index in [1.54, 1.807) is 0 Å². The van der Waals surface area contributed by atoms with E-state index in [4.69, 9.17) is 0 Å². The molecule has 3 nitrogen and oxygen atoms in total. The fraction of sp³-hybridized carbons (Fsp3) is 0.400. The molecule has 0 fully saturated rings. The Morgan fingerprint density at radius 1 is 1.21 bits per heavy atom. The Labute approximate surface area is 128 Å². The summed E-state index contributed by atoms with van der Waals surface area (Å²) >= 11 is 2.33. The molecule has 0 bridgehead atoms. The molecular formula is C15H20IN3. The Hall–Kier alpha value is -0.880. The van der Waals surface area contributed by atoms with Crippen molar-refractivity contribution < 1.29 is 0 Å². The van der Waals surface area contributed by atoms with Gasteiger partial charge in [-0.05, 0) is 67.2 Å². The van der Waals surface area contributed by atoms with Gasteiger partial charge in [0.15, 0.2) is 0 Å². The normalized spacial score (nSPS) is 12.9. The molecule has 0 spiro atoms. The Bertz CT molecular complexity index is 516. The van der Waals surface area contributed by atoms with E-state index in [2.05, 4.69) is 83.4 Å². The van der Waals surface area contributed by atoms with Crippen molar-refractivity contribution in [2.45, 2.75) is 32.4 Å². The van der Waals surface area contributed by atoms with E-state index in [9.17, 15) is 0 Å². The van der Waals surface area contributed by atoms with Crippen molar-refractivity contribution in [2.75, 3.05) is 7.05 Å². The van der Waals surface area contributed by atoms with Gasteiger partial charge in [0, 0.05) is 28.3 Å². The first-order valence-corrected chi connectivity index (χ1v) is 7.64. The van der Waals surface area contributed by atoms with Crippen molar-refractivity contribution in [3.63, 3.8) is 0 Å². The van der Waals surface area contributed by atoms with E-state index in [1.165, 1.54) is 9.13 Å². The highest BCUT2D eigenvalue weighted by atomic mass is 127. The number of nitrogens with zero attached hydrogens (tertiary/aromatic N) is 2. The van der Waals surface area contributed by atoms with Crippen LogP contribution in [0.4, 0.5) is 0 Å². The lowest BCUT2D eigenvalue weighted by molar-refractivity contribution is 0.515. The van der Waals surface area contributed by atoms with Gasteiger partial charge in [0.05, 0.1) is 5.69 Å². The largest absolute Gasteiger partial charge is 0.313 e. The number of halogens is 1. The summed E-state index contributed by atoms with van der Waals surface area (Å²) in [5.74, 6) is 0. The Balaban J connectivity index is 2.12. The van der Waals surface area contributed by atoms with Crippen LogP contribution in [0.25, 0.3) is 0 Å². The Morgan fingerprint density at radius 3 is 2.42 bits per heavy atom. The van der Waals surface area contributed by atoms with Crippen LogP contribution >= 0.6 is 22.6 Å². The van der Waals surface area contributed by atoms with E-state index in [0.29, 0.717) is 12.1 Å². The minimum atomic E-state index is 0.313. The van der Waals surface area contributed by atoms with Gasteiger partial charge in [-0.25, -0.2) is 0 Å². The molecule has 2 rings (SSSR count). The molecule has 102 valence electrons. The second kappa shape index (κ2) is 6.52. The first-order chi connectivity index (χ1) is 9.10. The summed E-state index contributed by atoms with van der Waals surface area (Å²) in [5, 5.41) is 7.99. The molecule has 4 heteroatoms. The van der Waals surface area contributed by atoms with Crippen molar-refractivity contribution in [1.29, 1.82) is 0 Å². The van der Waals surface area contributed by atoms with Crippen LogP contribution in [-0.2, 0) is 6.42 Å². The van der Waals surface area contributed by atoms with Gasteiger partial charge >= 0.3 is 0 Å². The molecule has 0 aliphatic carbocycles. The summed E-state index contributed by atoms with van der Waals surface area (Å²) in [4.78, 5) is 0. The molecular weight excluding hydrogens is 349 g/mol. The maximum absolute atomic E-state index is 4.62. The zero-order chi connectivity index (χ0) is 13.8. The molecule has 0 saturated heterocycles. The third-order valence-electron chi connectivity index (χ3n) is 3.23. The quantitative estimate of drug-likeness (QED) is 0.817. The van der Waals surface area contributed by atoms with E-state index < -0.39 is 0 Å². The van der Waals surface area contributed by atoms with E-state index in [-0.39, 0.29) is 0 Å². The molecule has 0 aliphatic heterocycles. The van der Waals surface area contributed by atoms with Gasteiger partial charge in [0.2, 0.25) is 0 Å². The van der Waals surface area contributed by atoms with E-state index in [0.717, 1.165) is 12.1 Å². The minimum Gasteiger partial charge on any atom is -0.313 e. The SMILES string of the molecule is CNC(Cc1ccn(C(C)C)n1)c1ccc(I)cc1.